The van der Waals surface area contributed by atoms with Gasteiger partial charge in [-0.25, -0.2) is 4.79 Å². The maximum Gasteiger partial charge on any atom is 0.339 e. The lowest BCUT2D eigenvalue weighted by Crippen LogP contribution is -2.26. The highest BCUT2D eigenvalue weighted by Crippen LogP contribution is 2.24. The minimum Gasteiger partial charge on any atom is -0.444 e. The number of nitrogens with one attached hydrogen (secondary N) is 1. The molecule has 0 saturated heterocycles. The van der Waals surface area contributed by atoms with Gasteiger partial charge in [0, 0.05) is 16.8 Å². The molecule has 0 saturated carbocycles. The zero-order valence-electron chi connectivity index (χ0n) is 16.7. The number of anilines is 1. The summed E-state index contributed by atoms with van der Waals surface area (Å²) in [5.74, 6) is -1.74. The van der Waals surface area contributed by atoms with Crippen LogP contribution in [-0.4, -0.2) is 17.8 Å². The molecule has 152 valence electrons. The number of amides is 2. The summed E-state index contributed by atoms with van der Waals surface area (Å²) in [6, 6.07) is 20.3. The van der Waals surface area contributed by atoms with Crippen LogP contribution < -0.4 is 11.1 Å². The summed E-state index contributed by atoms with van der Waals surface area (Å²) in [6.07, 6.45) is -1.14. The maximum absolute atomic E-state index is 13.0. The van der Waals surface area contributed by atoms with Crippen molar-refractivity contribution in [2.75, 3.05) is 5.32 Å². The molecule has 0 aliphatic rings. The summed E-state index contributed by atoms with van der Waals surface area (Å²) >= 11 is 0. The monoisotopic (exact) mass is 402 g/mol. The van der Waals surface area contributed by atoms with Crippen LogP contribution in [0.5, 0.6) is 0 Å². The lowest BCUT2D eigenvalue weighted by molar-refractivity contribution is -0.125. The van der Waals surface area contributed by atoms with E-state index in [-0.39, 0.29) is 11.1 Å². The predicted molar refractivity (Wildman–Crippen MR) is 114 cm³/mol. The Labute approximate surface area is 174 Å². The van der Waals surface area contributed by atoms with E-state index in [1.807, 2.05) is 38.1 Å². The van der Waals surface area contributed by atoms with Crippen LogP contribution in [0.25, 0.3) is 0 Å². The third kappa shape index (κ3) is 4.91. The van der Waals surface area contributed by atoms with Crippen molar-refractivity contribution in [1.29, 1.82) is 0 Å². The standard InChI is InChI=1S/C24H22N2O4/c1-15-8-9-16(2)20(14-15)26-23(28)21(17-6-4-3-5-7-17)30-24(29)19-12-10-18(11-13-19)22(25)27/h3-14,21H,1-2H3,(H2,25,27)(H,26,28). The Balaban J connectivity index is 1.85. The number of hydrogen-bond acceptors (Lipinski definition) is 4. The summed E-state index contributed by atoms with van der Waals surface area (Å²) in [4.78, 5) is 36.9. The Morgan fingerprint density at radius 2 is 1.50 bits per heavy atom. The molecule has 0 aromatic heterocycles. The van der Waals surface area contributed by atoms with E-state index in [0.717, 1.165) is 11.1 Å². The summed E-state index contributed by atoms with van der Waals surface area (Å²) < 4.78 is 5.56. The van der Waals surface area contributed by atoms with Gasteiger partial charge in [0.2, 0.25) is 12.0 Å². The van der Waals surface area contributed by atoms with Crippen LogP contribution >= 0.6 is 0 Å². The molecule has 2 amide bonds. The molecule has 6 nitrogen and oxygen atoms in total. The number of primary amides is 1. The first-order valence-corrected chi connectivity index (χ1v) is 9.39. The molecule has 0 radical (unpaired) electrons. The fourth-order valence-corrected chi connectivity index (χ4v) is 2.92. The van der Waals surface area contributed by atoms with Gasteiger partial charge in [-0.2, -0.15) is 0 Å². The van der Waals surface area contributed by atoms with Gasteiger partial charge < -0.3 is 15.8 Å². The third-order valence-electron chi connectivity index (χ3n) is 4.62. The van der Waals surface area contributed by atoms with E-state index in [4.69, 9.17) is 10.5 Å². The molecule has 30 heavy (non-hydrogen) atoms. The minimum absolute atomic E-state index is 0.209. The molecule has 0 spiro atoms. The lowest BCUT2D eigenvalue weighted by Gasteiger charge is -2.19. The number of benzene rings is 3. The Bertz CT molecular complexity index is 1080. The normalized spacial score (nSPS) is 11.4. The summed E-state index contributed by atoms with van der Waals surface area (Å²) in [5, 5.41) is 2.85. The topological polar surface area (TPSA) is 98.5 Å². The highest BCUT2D eigenvalue weighted by atomic mass is 16.5. The molecule has 0 heterocycles. The first kappa shape index (κ1) is 20.8. The maximum atomic E-state index is 13.0. The fraction of sp³-hybridized carbons (Fsp3) is 0.125. The van der Waals surface area contributed by atoms with E-state index in [0.29, 0.717) is 11.3 Å². The predicted octanol–water partition coefficient (Wildman–Crippen LogP) is 3.94. The molecule has 3 aromatic rings. The quantitative estimate of drug-likeness (QED) is 0.610. The number of ether oxygens (including phenoxy) is 1. The minimum atomic E-state index is -1.14. The molecule has 1 unspecified atom stereocenters. The third-order valence-corrected chi connectivity index (χ3v) is 4.62. The van der Waals surface area contributed by atoms with Crippen LogP contribution in [0, 0.1) is 13.8 Å². The SMILES string of the molecule is Cc1ccc(C)c(NC(=O)C(OC(=O)c2ccc(C(N)=O)cc2)c2ccccc2)c1. The highest BCUT2D eigenvalue weighted by Gasteiger charge is 2.26. The molecule has 0 bridgehead atoms. The second-order valence-corrected chi connectivity index (χ2v) is 6.95. The Kier molecular flexibility index (Phi) is 6.27. The van der Waals surface area contributed by atoms with Gasteiger partial charge in [-0.05, 0) is 55.3 Å². The van der Waals surface area contributed by atoms with E-state index in [1.165, 1.54) is 24.3 Å². The van der Waals surface area contributed by atoms with Gasteiger partial charge in [0.05, 0.1) is 5.56 Å². The molecule has 6 heteroatoms. The van der Waals surface area contributed by atoms with Gasteiger partial charge in [-0.15, -0.1) is 0 Å². The van der Waals surface area contributed by atoms with Crippen molar-refractivity contribution >= 4 is 23.5 Å². The van der Waals surface area contributed by atoms with Gasteiger partial charge in [-0.3, -0.25) is 9.59 Å². The molecule has 3 rings (SSSR count). The van der Waals surface area contributed by atoms with Crippen molar-refractivity contribution in [1.82, 2.24) is 0 Å². The van der Waals surface area contributed by atoms with Crippen molar-refractivity contribution in [2.24, 2.45) is 5.73 Å². The zero-order valence-corrected chi connectivity index (χ0v) is 16.7. The van der Waals surface area contributed by atoms with Crippen LogP contribution in [0.2, 0.25) is 0 Å². The second-order valence-electron chi connectivity index (χ2n) is 6.95. The van der Waals surface area contributed by atoms with Gasteiger partial charge >= 0.3 is 5.97 Å². The van der Waals surface area contributed by atoms with Gasteiger partial charge in [0.1, 0.15) is 0 Å². The van der Waals surface area contributed by atoms with E-state index in [2.05, 4.69) is 5.32 Å². The number of esters is 1. The summed E-state index contributed by atoms with van der Waals surface area (Å²) in [7, 11) is 0. The van der Waals surface area contributed by atoms with E-state index >= 15 is 0 Å². The van der Waals surface area contributed by atoms with Crippen molar-refractivity contribution in [3.8, 4) is 0 Å². The Morgan fingerprint density at radius 1 is 0.867 bits per heavy atom. The van der Waals surface area contributed by atoms with Gasteiger partial charge in [0.15, 0.2) is 0 Å². The number of aryl methyl sites for hydroxylation is 2. The lowest BCUT2D eigenvalue weighted by atomic mass is 10.1. The van der Waals surface area contributed by atoms with E-state index in [1.54, 1.807) is 24.3 Å². The van der Waals surface area contributed by atoms with Gasteiger partial charge in [0.25, 0.3) is 5.91 Å². The van der Waals surface area contributed by atoms with Crippen LogP contribution in [0.3, 0.4) is 0 Å². The first-order chi connectivity index (χ1) is 14.3. The Hall–Kier alpha value is -3.93. The summed E-state index contributed by atoms with van der Waals surface area (Å²) in [6.45, 7) is 3.82. The Morgan fingerprint density at radius 3 is 2.13 bits per heavy atom. The fourth-order valence-electron chi connectivity index (χ4n) is 2.92. The number of hydrogen-bond donors (Lipinski definition) is 2. The van der Waals surface area contributed by atoms with Crippen molar-refractivity contribution in [2.45, 2.75) is 20.0 Å². The number of carbonyl (C=O) groups is 3. The number of carbonyl (C=O) groups excluding carboxylic acids is 3. The van der Waals surface area contributed by atoms with Crippen LogP contribution in [0.1, 0.15) is 43.5 Å². The van der Waals surface area contributed by atoms with E-state index in [9.17, 15) is 14.4 Å². The molecule has 3 N–H and O–H groups in total. The van der Waals surface area contributed by atoms with Crippen LogP contribution in [-0.2, 0) is 9.53 Å². The van der Waals surface area contributed by atoms with Crippen molar-refractivity contribution in [3.63, 3.8) is 0 Å². The molecule has 0 aliphatic carbocycles. The van der Waals surface area contributed by atoms with E-state index < -0.39 is 23.9 Å². The van der Waals surface area contributed by atoms with Crippen molar-refractivity contribution < 1.29 is 19.1 Å². The van der Waals surface area contributed by atoms with Crippen molar-refractivity contribution in [3.05, 3.63) is 101 Å². The smallest absolute Gasteiger partial charge is 0.339 e. The molecule has 1 atom stereocenters. The highest BCUT2D eigenvalue weighted by molar-refractivity contribution is 5.99. The summed E-state index contributed by atoms with van der Waals surface area (Å²) in [5.41, 5.74) is 8.81. The molecule has 3 aromatic carbocycles. The molecule has 0 fully saturated rings. The second kappa shape index (κ2) is 9.05. The van der Waals surface area contributed by atoms with Crippen LogP contribution in [0.15, 0.2) is 72.8 Å². The largest absolute Gasteiger partial charge is 0.444 e. The molecular weight excluding hydrogens is 380 g/mol. The average molecular weight is 402 g/mol. The molecule has 0 aliphatic heterocycles. The average Bonchev–Trinajstić information content (AvgIpc) is 2.75. The zero-order chi connectivity index (χ0) is 21.7. The number of rotatable bonds is 6. The number of nitrogens with two attached hydrogens (primary N) is 1. The first-order valence-electron chi connectivity index (χ1n) is 9.39. The molecular formula is C24H22N2O4. The van der Waals surface area contributed by atoms with Gasteiger partial charge in [-0.1, -0.05) is 42.5 Å². The van der Waals surface area contributed by atoms with Crippen LogP contribution in [0.4, 0.5) is 5.69 Å².